The van der Waals surface area contributed by atoms with Gasteiger partial charge in [0.2, 0.25) is 10.0 Å². The Morgan fingerprint density at radius 1 is 1.04 bits per heavy atom. The summed E-state index contributed by atoms with van der Waals surface area (Å²) in [7, 11) is -4.69. The molecule has 0 saturated carbocycles. The molecule has 0 radical (unpaired) electrons. The van der Waals surface area contributed by atoms with Gasteiger partial charge < -0.3 is 5.11 Å². The van der Waals surface area contributed by atoms with E-state index < -0.39 is 49.4 Å². The molecule has 0 bridgehead atoms. The first kappa shape index (κ1) is 19.8. The second-order valence-corrected chi connectivity index (χ2v) is 7.01. The van der Waals surface area contributed by atoms with E-state index in [2.05, 4.69) is 0 Å². The van der Waals surface area contributed by atoms with Crippen LogP contribution in [0, 0.1) is 10.1 Å². The average Bonchev–Trinajstić information content (AvgIpc) is 2.59. The van der Waals surface area contributed by atoms with Crippen molar-refractivity contribution in [1.82, 2.24) is 4.72 Å². The van der Waals surface area contributed by atoms with Crippen LogP contribution in [0.15, 0.2) is 59.5 Å². The molecule has 2 aromatic carbocycles. The Hall–Kier alpha value is -2.50. The van der Waals surface area contributed by atoms with Crippen molar-refractivity contribution in [3.63, 3.8) is 0 Å². The zero-order chi connectivity index (χ0) is 19.6. The lowest BCUT2D eigenvalue weighted by Gasteiger charge is -2.31. The van der Waals surface area contributed by atoms with E-state index in [-0.39, 0.29) is 0 Å². The molecule has 2 N–H and O–H groups in total. The third-order valence-electron chi connectivity index (χ3n) is 3.59. The topological polar surface area (TPSA) is 110 Å². The molecule has 1 unspecified atom stereocenters. The number of nitrogens with zero attached hydrogens (tertiary/aromatic N) is 1. The van der Waals surface area contributed by atoms with Crippen molar-refractivity contribution >= 4 is 15.7 Å². The summed E-state index contributed by atoms with van der Waals surface area (Å²) in [6.07, 6.45) is -5.19. The number of rotatable bonds is 6. The molecule has 0 aliphatic carbocycles. The van der Waals surface area contributed by atoms with Gasteiger partial charge in [0.05, 0.1) is 11.5 Å². The van der Waals surface area contributed by atoms with Crippen LogP contribution in [-0.4, -0.2) is 31.2 Å². The molecule has 2 aromatic rings. The van der Waals surface area contributed by atoms with Crippen LogP contribution in [0.5, 0.6) is 0 Å². The van der Waals surface area contributed by atoms with E-state index in [1.165, 1.54) is 30.3 Å². The Morgan fingerprint density at radius 3 is 2.12 bits per heavy atom. The molecule has 0 heterocycles. The van der Waals surface area contributed by atoms with Crippen LogP contribution in [-0.2, 0) is 15.6 Å². The second kappa shape index (κ2) is 7.02. The highest BCUT2D eigenvalue weighted by Gasteiger charge is 2.55. The number of alkyl halides is 3. The number of aliphatic hydroxyl groups is 1. The number of nitrogens with one attached hydrogen (secondary N) is 1. The molecule has 7 nitrogen and oxygen atoms in total. The van der Waals surface area contributed by atoms with E-state index in [4.69, 9.17) is 0 Å². The van der Waals surface area contributed by atoms with Crippen molar-refractivity contribution in [2.24, 2.45) is 0 Å². The van der Waals surface area contributed by atoms with Crippen molar-refractivity contribution in [2.45, 2.75) is 16.7 Å². The Labute approximate surface area is 146 Å². The van der Waals surface area contributed by atoms with Crippen LogP contribution in [0.1, 0.15) is 5.56 Å². The first-order chi connectivity index (χ1) is 12.0. The van der Waals surface area contributed by atoms with Gasteiger partial charge in [-0.3, -0.25) is 10.1 Å². The van der Waals surface area contributed by atoms with E-state index >= 15 is 0 Å². The number of halogens is 3. The molecule has 140 valence electrons. The number of hydrogen-bond acceptors (Lipinski definition) is 5. The lowest BCUT2D eigenvalue weighted by molar-refractivity contribution is -0.387. The highest BCUT2D eigenvalue weighted by molar-refractivity contribution is 7.89. The summed E-state index contributed by atoms with van der Waals surface area (Å²) in [5.41, 5.74) is -4.88. The van der Waals surface area contributed by atoms with Crippen molar-refractivity contribution in [1.29, 1.82) is 0 Å². The maximum absolute atomic E-state index is 13.4. The van der Waals surface area contributed by atoms with Crippen LogP contribution < -0.4 is 4.72 Å². The van der Waals surface area contributed by atoms with Crippen molar-refractivity contribution in [2.75, 3.05) is 6.54 Å². The first-order valence-electron chi connectivity index (χ1n) is 7.07. The summed E-state index contributed by atoms with van der Waals surface area (Å²) in [6.45, 7) is -1.45. The molecule has 0 aliphatic rings. The van der Waals surface area contributed by atoms with E-state index in [1.54, 1.807) is 4.72 Å². The molecule has 0 spiro atoms. The second-order valence-electron chi connectivity index (χ2n) is 5.27. The van der Waals surface area contributed by atoms with Gasteiger partial charge in [-0.25, -0.2) is 13.1 Å². The van der Waals surface area contributed by atoms with E-state index in [0.717, 1.165) is 24.3 Å². The van der Waals surface area contributed by atoms with E-state index in [0.29, 0.717) is 0 Å². The van der Waals surface area contributed by atoms with Crippen molar-refractivity contribution in [3.05, 3.63) is 70.3 Å². The number of nitro groups is 1. The highest BCUT2D eigenvalue weighted by Crippen LogP contribution is 2.38. The number of benzene rings is 2. The molecule has 0 aliphatic heterocycles. The number of nitro benzene ring substituents is 1. The molecule has 11 heteroatoms. The number of para-hydroxylation sites is 1. The Morgan fingerprint density at radius 2 is 1.58 bits per heavy atom. The molecular formula is C15H13F3N2O5S. The van der Waals surface area contributed by atoms with Crippen LogP contribution in [0.3, 0.4) is 0 Å². The van der Waals surface area contributed by atoms with Crippen LogP contribution >= 0.6 is 0 Å². The predicted molar refractivity (Wildman–Crippen MR) is 84.7 cm³/mol. The summed E-state index contributed by atoms with van der Waals surface area (Å²) < 4.78 is 66.3. The van der Waals surface area contributed by atoms with E-state index in [9.17, 15) is 36.8 Å². The summed E-state index contributed by atoms with van der Waals surface area (Å²) >= 11 is 0. The largest absolute Gasteiger partial charge is 0.422 e. The minimum atomic E-state index is -5.19. The third-order valence-corrected chi connectivity index (χ3v) is 5.04. The zero-order valence-corrected chi connectivity index (χ0v) is 13.8. The van der Waals surface area contributed by atoms with Crippen molar-refractivity contribution in [3.8, 4) is 0 Å². The van der Waals surface area contributed by atoms with Gasteiger partial charge in [0.1, 0.15) is 0 Å². The SMILES string of the molecule is O=[N+]([O-])c1ccccc1S(=O)(=O)NCC(O)(c1ccccc1)C(F)(F)F. The van der Waals surface area contributed by atoms with Crippen LogP contribution in [0.25, 0.3) is 0 Å². The quantitative estimate of drug-likeness (QED) is 0.581. The predicted octanol–water partition coefficient (Wildman–Crippen LogP) is 2.32. The Bertz CT molecular complexity index is 903. The van der Waals surface area contributed by atoms with Crippen LogP contribution in [0.2, 0.25) is 0 Å². The normalized spacial score (nSPS) is 14.6. The smallest absolute Gasteiger partial charge is 0.375 e. The minimum absolute atomic E-state index is 0.572. The fourth-order valence-electron chi connectivity index (χ4n) is 2.19. The Balaban J connectivity index is 2.40. The molecule has 0 fully saturated rings. The summed E-state index contributed by atoms with van der Waals surface area (Å²) in [5.74, 6) is 0. The van der Waals surface area contributed by atoms with Gasteiger partial charge in [0, 0.05) is 6.07 Å². The van der Waals surface area contributed by atoms with Gasteiger partial charge in [-0.15, -0.1) is 0 Å². The van der Waals surface area contributed by atoms with Gasteiger partial charge >= 0.3 is 6.18 Å². The van der Waals surface area contributed by atoms with Gasteiger partial charge in [0.25, 0.3) is 5.69 Å². The Kier molecular flexibility index (Phi) is 5.35. The number of hydrogen-bond donors (Lipinski definition) is 2. The lowest BCUT2D eigenvalue weighted by Crippen LogP contribution is -2.51. The molecular weight excluding hydrogens is 377 g/mol. The molecule has 0 saturated heterocycles. The summed E-state index contributed by atoms with van der Waals surface area (Å²) in [4.78, 5) is 9.16. The van der Waals surface area contributed by atoms with Crippen LogP contribution in [0.4, 0.5) is 18.9 Å². The lowest BCUT2D eigenvalue weighted by atomic mass is 9.93. The summed E-state index contributed by atoms with van der Waals surface area (Å²) in [6, 6.07) is 10.1. The molecule has 1 atom stereocenters. The molecule has 2 rings (SSSR count). The third kappa shape index (κ3) is 3.84. The maximum Gasteiger partial charge on any atom is 0.422 e. The van der Waals surface area contributed by atoms with Gasteiger partial charge in [-0.1, -0.05) is 42.5 Å². The monoisotopic (exact) mass is 390 g/mol. The zero-order valence-electron chi connectivity index (χ0n) is 13.0. The number of sulfonamides is 1. The minimum Gasteiger partial charge on any atom is -0.375 e. The fourth-order valence-corrected chi connectivity index (χ4v) is 3.42. The first-order valence-corrected chi connectivity index (χ1v) is 8.55. The maximum atomic E-state index is 13.4. The van der Waals surface area contributed by atoms with Crippen molar-refractivity contribution < 1.29 is 31.6 Å². The standard InChI is InChI=1S/C15H13F3N2O5S/c16-15(17,18)14(21,11-6-2-1-3-7-11)10-19-26(24,25)13-9-5-4-8-12(13)20(22)23/h1-9,19,21H,10H2. The fraction of sp³-hybridized carbons (Fsp3) is 0.200. The van der Waals surface area contributed by atoms with Gasteiger partial charge in [-0.05, 0) is 11.6 Å². The molecule has 26 heavy (non-hydrogen) atoms. The average molecular weight is 390 g/mol. The molecule has 0 amide bonds. The molecule has 0 aromatic heterocycles. The van der Waals surface area contributed by atoms with Gasteiger partial charge in [-0.2, -0.15) is 13.2 Å². The highest BCUT2D eigenvalue weighted by atomic mass is 32.2. The van der Waals surface area contributed by atoms with E-state index in [1.807, 2.05) is 0 Å². The van der Waals surface area contributed by atoms with Gasteiger partial charge in [0.15, 0.2) is 10.5 Å². The summed E-state index contributed by atoms with van der Waals surface area (Å²) in [5, 5.41) is 21.1.